The summed E-state index contributed by atoms with van der Waals surface area (Å²) in [4.78, 5) is 26.5. The Labute approximate surface area is 145 Å². The maximum absolute atomic E-state index is 12.6. The van der Waals surface area contributed by atoms with Gasteiger partial charge in [0.15, 0.2) is 0 Å². The predicted octanol–water partition coefficient (Wildman–Crippen LogP) is 2.59. The number of hydrogen-bond acceptors (Lipinski definition) is 5. The zero-order chi connectivity index (χ0) is 18.0. The van der Waals surface area contributed by atoms with Crippen molar-refractivity contribution in [2.75, 3.05) is 35.7 Å². The van der Waals surface area contributed by atoms with Crippen LogP contribution >= 0.6 is 0 Å². The Balaban J connectivity index is 1.74. The quantitative estimate of drug-likeness (QED) is 0.524. The zero-order valence-corrected chi connectivity index (χ0v) is 14.0. The molecule has 0 fully saturated rings. The standard InChI is InChI=1S/C18H20N4O3/c1-20(13-7-9-14(10-8-13)22(24)25)18(23)12-21-11-3-4-15-16(19)5-2-6-17(15)21/h2,5-10H,3-4,11-12,19H2,1H3. The number of nitrogens with two attached hydrogens (primary N) is 1. The molecule has 0 unspecified atom stereocenters. The summed E-state index contributed by atoms with van der Waals surface area (Å²) in [6.07, 6.45) is 1.88. The fourth-order valence-corrected chi connectivity index (χ4v) is 3.10. The lowest BCUT2D eigenvalue weighted by molar-refractivity contribution is -0.384. The van der Waals surface area contributed by atoms with E-state index in [1.807, 2.05) is 23.1 Å². The minimum Gasteiger partial charge on any atom is -0.398 e. The lowest BCUT2D eigenvalue weighted by Crippen LogP contribution is -2.40. The third-order valence-electron chi connectivity index (χ3n) is 4.53. The molecule has 1 heterocycles. The summed E-state index contributed by atoms with van der Waals surface area (Å²) in [5.41, 5.74) is 9.55. The van der Waals surface area contributed by atoms with Crippen LogP contribution in [0.5, 0.6) is 0 Å². The van der Waals surface area contributed by atoms with Crippen LogP contribution in [0.2, 0.25) is 0 Å². The molecule has 7 nitrogen and oxygen atoms in total. The number of carbonyl (C=O) groups is 1. The van der Waals surface area contributed by atoms with E-state index in [2.05, 4.69) is 0 Å². The first-order valence-corrected chi connectivity index (χ1v) is 8.10. The summed E-state index contributed by atoms with van der Waals surface area (Å²) in [6, 6.07) is 11.7. The van der Waals surface area contributed by atoms with Crippen molar-refractivity contribution in [2.24, 2.45) is 0 Å². The first-order valence-electron chi connectivity index (χ1n) is 8.10. The minimum atomic E-state index is -0.458. The van der Waals surface area contributed by atoms with Crippen LogP contribution in [0, 0.1) is 10.1 Å². The number of fused-ring (bicyclic) bond motifs is 1. The van der Waals surface area contributed by atoms with Crippen LogP contribution in [0.15, 0.2) is 42.5 Å². The molecule has 0 saturated heterocycles. The molecule has 1 aliphatic heterocycles. The number of benzene rings is 2. The maximum atomic E-state index is 12.6. The predicted molar refractivity (Wildman–Crippen MR) is 97.9 cm³/mol. The summed E-state index contributed by atoms with van der Waals surface area (Å²) in [5.74, 6) is -0.0795. The second kappa shape index (κ2) is 6.80. The molecule has 7 heteroatoms. The SMILES string of the molecule is CN(C(=O)CN1CCCc2c(N)cccc21)c1ccc([N+](=O)[O-])cc1. The second-order valence-electron chi connectivity index (χ2n) is 6.10. The van der Waals surface area contributed by atoms with Gasteiger partial charge in [-0.2, -0.15) is 0 Å². The third kappa shape index (κ3) is 3.40. The highest BCUT2D eigenvalue weighted by Gasteiger charge is 2.22. The first kappa shape index (κ1) is 16.8. The van der Waals surface area contributed by atoms with E-state index in [4.69, 9.17) is 5.73 Å². The average molecular weight is 340 g/mol. The second-order valence-corrected chi connectivity index (χ2v) is 6.10. The summed E-state index contributed by atoms with van der Waals surface area (Å²) in [6.45, 7) is 1.04. The molecule has 2 N–H and O–H groups in total. The van der Waals surface area contributed by atoms with Gasteiger partial charge in [-0.25, -0.2) is 0 Å². The van der Waals surface area contributed by atoms with E-state index in [0.29, 0.717) is 5.69 Å². The molecule has 0 aromatic heterocycles. The molecule has 0 bridgehead atoms. The van der Waals surface area contributed by atoms with Crippen LogP contribution in [-0.4, -0.2) is 31.0 Å². The van der Waals surface area contributed by atoms with Gasteiger partial charge in [0.05, 0.1) is 11.5 Å². The molecule has 0 spiro atoms. The molecule has 0 atom stereocenters. The summed E-state index contributed by atoms with van der Waals surface area (Å²) >= 11 is 0. The van der Waals surface area contributed by atoms with E-state index in [1.165, 1.54) is 17.0 Å². The lowest BCUT2D eigenvalue weighted by atomic mass is 10.00. The van der Waals surface area contributed by atoms with Crippen molar-refractivity contribution in [3.8, 4) is 0 Å². The molecule has 0 saturated carbocycles. The van der Waals surface area contributed by atoms with Crippen LogP contribution in [0.25, 0.3) is 0 Å². The van der Waals surface area contributed by atoms with Crippen molar-refractivity contribution in [1.82, 2.24) is 0 Å². The molecular formula is C18H20N4O3. The summed E-state index contributed by atoms with van der Waals surface area (Å²) in [7, 11) is 1.67. The molecule has 1 amide bonds. The van der Waals surface area contributed by atoms with E-state index in [9.17, 15) is 14.9 Å². The fourth-order valence-electron chi connectivity index (χ4n) is 3.10. The number of hydrogen-bond donors (Lipinski definition) is 1. The van der Waals surface area contributed by atoms with Gasteiger partial charge in [-0.15, -0.1) is 0 Å². The van der Waals surface area contributed by atoms with Gasteiger partial charge >= 0.3 is 0 Å². The van der Waals surface area contributed by atoms with Crippen LogP contribution in [-0.2, 0) is 11.2 Å². The molecule has 2 aromatic carbocycles. The van der Waals surface area contributed by atoms with Crippen LogP contribution < -0.4 is 15.5 Å². The van der Waals surface area contributed by atoms with Crippen molar-refractivity contribution in [1.29, 1.82) is 0 Å². The van der Waals surface area contributed by atoms with Crippen molar-refractivity contribution >= 4 is 28.7 Å². The van der Waals surface area contributed by atoms with Gasteiger partial charge in [-0.1, -0.05) is 6.07 Å². The Morgan fingerprint density at radius 2 is 2.00 bits per heavy atom. The van der Waals surface area contributed by atoms with E-state index in [1.54, 1.807) is 19.2 Å². The van der Waals surface area contributed by atoms with Gasteiger partial charge < -0.3 is 15.5 Å². The Bertz CT molecular complexity index is 804. The van der Waals surface area contributed by atoms with E-state index >= 15 is 0 Å². The number of anilines is 3. The number of nitrogens with zero attached hydrogens (tertiary/aromatic N) is 3. The van der Waals surface area contributed by atoms with Crippen molar-refractivity contribution < 1.29 is 9.72 Å². The number of nitrogen functional groups attached to an aromatic ring is 1. The van der Waals surface area contributed by atoms with E-state index in [-0.39, 0.29) is 18.1 Å². The number of nitro groups is 1. The number of rotatable bonds is 4. The third-order valence-corrected chi connectivity index (χ3v) is 4.53. The first-order chi connectivity index (χ1) is 12.0. The molecule has 3 rings (SSSR count). The van der Waals surface area contributed by atoms with Crippen LogP contribution in [0.1, 0.15) is 12.0 Å². The molecule has 2 aromatic rings. The molecule has 1 aliphatic rings. The van der Waals surface area contributed by atoms with Crippen LogP contribution in [0.4, 0.5) is 22.7 Å². The summed E-state index contributed by atoms with van der Waals surface area (Å²) in [5, 5.41) is 10.7. The molecule has 25 heavy (non-hydrogen) atoms. The van der Waals surface area contributed by atoms with E-state index < -0.39 is 4.92 Å². The highest BCUT2D eigenvalue weighted by molar-refractivity contribution is 5.96. The van der Waals surface area contributed by atoms with Crippen molar-refractivity contribution in [3.63, 3.8) is 0 Å². The number of nitro benzene ring substituents is 1. The monoisotopic (exact) mass is 340 g/mol. The number of non-ortho nitro benzene ring substituents is 1. The molecule has 130 valence electrons. The largest absolute Gasteiger partial charge is 0.398 e. The molecule has 0 aliphatic carbocycles. The minimum absolute atomic E-state index is 0.00466. The highest BCUT2D eigenvalue weighted by atomic mass is 16.6. The molecule has 0 radical (unpaired) electrons. The zero-order valence-electron chi connectivity index (χ0n) is 14.0. The Kier molecular flexibility index (Phi) is 4.56. The number of amides is 1. The van der Waals surface area contributed by atoms with Gasteiger partial charge in [0.25, 0.3) is 5.69 Å². The van der Waals surface area contributed by atoms with Gasteiger partial charge in [0, 0.05) is 42.8 Å². The number of likely N-dealkylation sites (N-methyl/N-ethyl adjacent to an activating group) is 1. The maximum Gasteiger partial charge on any atom is 0.269 e. The Morgan fingerprint density at radius 3 is 2.68 bits per heavy atom. The topological polar surface area (TPSA) is 92.7 Å². The van der Waals surface area contributed by atoms with Crippen molar-refractivity contribution in [2.45, 2.75) is 12.8 Å². The smallest absolute Gasteiger partial charge is 0.269 e. The van der Waals surface area contributed by atoms with E-state index in [0.717, 1.165) is 36.3 Å². The van der Waals surface area contributed by atoms with Crippen LogP contribution in [0.3, 0.4) is 0 Å². The highest BCUT2D eigenvalue weighted by Crippen LogP contribution is 2.31. The Hall–Kier alpha value is -3.09. The number of carbonyl (C=O) groups excluding carboxylic acids is 1. The van der Waals surface area contributed by atoms with Crippen molar-refractivity contribution in [3.05, 3.63) is 58.1 Å². The van der Waals surface area contributed by atoms with Gasteiger partial charge in [-0.05, 0) is 42.7 Å². The molecular weight excluding hydrogens is 320 g/mol. The average Bonchev–Trinajstić information content (AvgIpc) is 2.62. The Morgan fingerprint density at radius 1 is 1.28 bits per heavy atom. The lowest BCUT2D eigenvalue weighted by Gasteiger charge is -2.32. The fraction of sp³-hybridized carbons (Fsp3) is 0.278. The normalized spacial score (nSPS) is 13.2. The van der Waals surface area contributed by atoms with Gasteiger partial charge in [0.1, 0.15) is 0 Å². The summed E-state index contributed by atoms with van der Waals surface area (Å²) < 4.78 is 0. The van der Waals surface area contributed by atoms with Gasteiger partial charge in [0.2, 0.25) is 5.91 Å². The van der Waals surface area contributed by atoms with Gasteiger partial charge in [-0.3, -0.25) is 14.9 Å².